The molecule has 1 aromatic heterocycles. The van der Waals surface area contributed by atoms with Crippen LogP contribution in [0.2, 0.25) is 0 Å². The van der Waals surface area contributed by atoms with Gasteiger partial charge in [-0.2, -0.15) is 5.10 Å². The van der Waals surface area contributed by atoms with Crippen molar-refractivity contribution in [3.63, 3.8) is 0 Å². The Kier molecular flexibility index (Phi) is 3.32. The quantitative estimate of drug-likeness (QED) is 0.798. The highest BCUT2D eigenvalue weighted by atomic mass is 15.3. The Bertz CT molecular complexity index is 286. The Balaban J connectivity index is 2.69. The molecule has 1 rings (SSSR count). The highest BCUT2D eigenvalue weighted by Gasteiger charge is 2.17. The van der Waals surface area contributed by atoms with Crippen LogP contribution in [0.3, 0.4) is 0 Å². The summed E-state index contributed by atoms with van der Waals surface area (Å²) in [4.78, 5) is 0. The topological polar surface area (TPSA) is 43.8 Å². The molecule has 1 heterocycles. The Hall–Kier alpha value is -0.830. The van der Waals surface area contributed by atoms with Crippen molar-refractivity contribution in [2.45, 2.75) is 40.2 Å². The van der Waals surface area contributed by atoms with Crippen LogP contribution in [0.15, 0.2) is 12.4 Å². The van der Waals surface area contributed by atoms with E-state index in [1.165, 1.54) is 5.56 Å². The third-order valence-electron chi connectivity index (χ3n) is 2.46. The van der Waals surface area contributed by atoms with E-state index < -0.39 is 0 Å². The largest absolute Gasteiger partial charge is 0.330 e. The smallest absolute Gasteiger partial charge is 0.0524 e. The fraction of sp³-hybridized carbons (Fsp3) is 0.727. The van der Waals surface area contributed by atoms with E-state index in [2.05, 4.69) is 39.0 Å². The molecule has 0 atom stereocenters. The average molecular weight is 195 g/mol. The average Bonchev–Trinajstić information content (AvgIpc) is 2.52. The van der Waals surface area contributed by atoms with Crippen LogP contribution in [0, 0.1) is 5.41 Å². The fourth-order valence-electron chi connectivity index (χ4n) is 1.27. The molecule has 0 amide bonds. The molecule has 3 nitrogen and oxygen atoms in total. The van der Waals surface area contributed by atoms with Crippen molar-refractivity contribution >= 4 is 0 Å². The van der Waals surface area contributed by atoms with Crippen LogP contribution in [-0.2, 0) is 6.54 Å². The first-order chi connectivity index (χ1) is 6.44. The second-order valence-electron chi connectivity index (χ2n) is 4.99. The van der Waals surface area contributed by atoms with Gasteiger partial charge in [-0.25, -0.2) is 0 Å². The first kappa shape index (κ1) is 11.2. The van der Waals surface area contributed by atoms with Crippen molar-refractivity contribution in [1.82, 2.24) is 9.78 Å². The van der Waals surface area contributed by atoms with Crippen LogP contribution in [0.4, 0.5) is 0 Å². The summed E-state index contributed by atoms with van der Waals surface area (Å²) in [5.41, 5.74) is 7.09. The van der Waals surface area contributed by atoms with E-state index in [-0.39, 0.29) is 5.41 Å². The second-order valence-corrected chi connectivity index (χ2v) is 4.99. The molecule has 3 heteroatoms. The van der Waals surface area contributed by atoms with Gasteiger partial charge < -0.3 is 5.73 Å². The van der Waals surface area contributed by atoms with Crippen molar-refractivity contribution in [2.75, 3.05) is 6.54 Å². The van der Waals surface area contributed by atoms with Gasteiger partial charge in [0.05, 0.1) is 6.20 Å². The SMILES string of the molecule is CC(C)c1cnn(CC(C)(C)CN)c1. The van der Waals surface area contributed by atoms with Gasteiger partial charge >= 0.3 is 0 Å². The Morgan fingerprint density at radius 1 is 1.50 bits per heavy atom. The maximum atomic E-state index is 5.68. The normalized spacial score (nSPS) is 12.4. The molecule has 0 spiro atoms. The number of nitrogens with two attached hydrogens (primary N) is 1. The van der Waals surface area contributed by atoms with E-state index >= 15 is 0 Å². The maximum Gasteiger partial charge on any atom is 0.0524 e. The molecule has 0 aliphatic carbocycles. The molecule has 0 bridgehead atoms. The van der Waals surface area contributed by atoms with Gasteiger partial charge in [-0.15, -0.1) is 0 Å². The highest BCUT2D eigenvalue weighted by Crippen LogP contribution is 2.18. The highest BCUT2D eigenvalue weighted by molar-refractivity contribution is 5.08. The minimum atomic E-state index is 0.125. The number of nitrogens with zero attached hydrogens (tertiary/aromatic N) is 2. The monoisotopic (exact) mass is 195 g/mol. The van der Waals surface area contributed by atoms with Gasteiger partial charge in [0.2, 0.25) is 0 Å². The van der Waals surface area contributed by atoms with E-state index in [1.807, 2.05) is 10.9 Å². The Labute approximate surface area is 86.3 Å². The van der Waals surface area contributed by atoms with Crippen molar-refractivity contribution in [2.24, 2.45) is 11.1 Å². The minimum Gasteiger partial charge on any atom is -0.330 e. The van der Waals surface area contributed by atoms with Crippen LogP contribution >= 0.6 is 0 Å². The Morgan fingerprint density at radius 3 is 2.57 bits per heavy atom. The zero-order valence-corrected chi connectivity index (χ0v) is 9.62. The molecule has 0 fully saturated rings. The van der Waals surface area contributed by atoms with Gasteiger partial charge in [-0.05, 0) is 23.4 Å². The molecule has 0 aromatic carbocycles. The van der Waals surface area contributed by atoms with Crippen LogP contribution in [-0.4, -0.2) is 16.3 Å². The second kappa shape index (κ2) is 4.13. The van der Waals surface area contributed by atoms with Gasteiger partial charge in [0.25, 0.3) is 0 Å². The van der Waals surface area contributed by atoms with Crippen LogP contribution in [0.5, 0.6) is 0 Å². The standard InChI is InChI=1S/C11H21N3/c1-9(2)10-5-13-14(6-10)8-11(3,4)7-12/h5-6,9H,7-8,12H2,1-4H3. The number of hydrogen-bond donors (Lipinski definition) is 1. The number of hydrogen-bond acceptors (Lipinski definition) is 2. The summed E-state index contributed by atoms with van der Waals surface area (Å²) in [5.74, 6) is 0.546. The van der Waals surface area contributed by atoms with Crippen LogP contribution < -0.4 is 5.73 Å². The molecule has 1 aromatic rings. The first-order valence-corrected chi connectivity index (χ1v) is 5.17. The molecule has 14 heavy (non-hydrogen) atoms. The lowest BCUT2D eigenvalue weighted by molar-refractivity contribution is 0.301. The molecule has 2 N–H and O–H groups in total. The van der Waals surface area contributed by atoms with E-state index in [9.17, 15) is 0 Å². The summed E-state index contributed by atoms with van der Waals surface area (Å²) >= 11 is 0. The Morgan fingerprint density at radius 2 is 2.14 bits per heavy atom. The summed E-state index contributed by atoms with van der Waals surface area (Å²) in [6.45, 7) is 10.2. The maximum absolute atomic E-state index is 5.68. The number of rotatable bonds is 4. The summed E-state index contributed by atoms with van der Waals surface area (Å²) in [6, 6.07) is 0. The lowest BCUT2D eigenvalue weighted by Gasteiger charge is -2.21. The van der Waals surface area contributed by atoms with Gasteiger partial charge in [0, 0.05) is 12.7 Å². The van der Waals surface area contributed by atoms with Crippen LogP contribution in [0.25, 0.3) is 0 Å². The fourth-order valence-corrected chi connectivity index (χ4v) is 1.27. The molecule has 80 valence electrons. The minimum absolute atomic E-state index is 0.125. The number of aromatic nitrogens is 2. The zero-order chi connectivity index (χ0) is 10.8. The summed E-state index contributed by atoms with van der Waals surface area (Å²) in [7, 11) is 0. The third-order valence-corrected chi connectivity index (χ3v) is 2.46. The van der Waals surface area contributed by atoms with E-state index in [1.54, 1.807) is 0 Å². The lowest BCUT2D eigenvalue weighted by atomic mass is 9.94. The molecule has 0 aliphatic rings. The molecular weight excluding hydrogens is 174 g/mol. The first-order valence-electron chi connectivity index (χ1n) is 5.17. The van der Waals surface area contributed by atoms with E-state index in [4.69, 9.17) is 5.73 Å². The predicted octanol–water partition coefficient (Wildman–Crippen LogP) is 1.99. The molecule has 0 saturated heterocycles. The van der Waals surface area contributed by atoms with Gasteiger partial charge in [-0.3, -0.25) is 4.68 Å². The van der Waals surface area contributed by atoms with E-state index in [0.717, 1.165) is 6.54 Å². The van der Waals surface area contributed by atoms with Gasteiger partial charge in [0.1, 0.15) is 0 Å². The lowest BCUT2D eigenvalue weighted by Crippen LogP contribution is -2.28. The molecule has 0 radical (unpaired) electrons. The van der Waals surface area contributed by atoms with Crippen molar-refractivity contribution in [1.29, 1.82) is 0 Å². The van der Waals surface area contributed by atoms with Gasteiger partial charge in [-0.1, -0.05) is 27.7 Å². The molecule has 0 aliphatic heterocycles. The summed E-state index contributed by atoms with van der Waals surface area (Å²) in [6.07, 6.45) is 4.05. The van der Waals surface area contributed by atoms with Crippen molar-refractivity contribution in [3.8, 4) is 0 Å². The predicted molar refractivity (Wildman–Crippen MR) is 59.2 cm³/mol. The van der Waals surface area contributed by atoms with Crippen molar-refractivity contribution in [3.05, 3.63) is 18.0 Å². The summed E-state index contributed by atoms with van der Waals surface area (Å²) in [5, 5.41) is 4.33. The van der Waals surface area contributed by atoms with Crippen LogP contribution in [0.1, 0.15) is 39.2 Å². The molecular formula is C11H21N3. The zero-order valence-electron chi connectivity index (χ0n) is 9.62. The van der Waals surface area contributed by atoms with E-state index in [0.29, 0.717) is 12.5 Å². The third kappa shape index (κ3) is 2.84. The van der Waals surface area contributed by atoms with Crippen molar-refractivity contribution < 1.29 is 0 Å². The van der Waals surface area contributed by atoms with Gasteiger partial charge in [0.15, 0.2) is 0 Å². The molecule has 0 unspecified atom stereocenters. The molecule has 0 saturated carbocycles. The summed E-state index contributed by atoms with van der Waals surface area (Å²) < 4.78 is 1.99.